The van der Waals surface area contributed by atoms with Gasteiger partial charge in [0.1, 0.15) is 5.78 Å². The van der Waals surface area contributed by atoms with Gasteiger partial charge in [0.25, 0.3) is 0 Å². The van der Waals surface area contributed by atoms with Gasteiger partial charge in [0, 0.05) is 12.8 Å². The summed E-state index contributed by atoms with van der Waals surface area (Å²) in [5.74, 6) is 0.377. The summed E-state index contributed by atoms with van der Waals surface area (Å²) < 4.78 is 0. The molecule has 0 aliphatic rings. The average Bonchev–Trinajstić information content (AvgIpc) is 2.90. The summed E-state index contributed by atoms with van der Waals surface area (Å²) in [7, 11) is 0. The van der Waals surface area contributed by atoms with Crippen LogP contribution in [0.15, 0.2) is 72.8 Å². The van der Waals surface area contributed by atoms with Crippen LogP contribution in [0, 0.1) is 0 Å². The van der Waals surface area contributed by atoms with Gasteiger partial charge in [-0.1, -0.05) is 194 Å². The molecule has 0 heterocycles. The molecule has 0 atom stereocenters. The van der Waals surface area contributed by atoms with Gasteiger partial charge in [0.2, 0.25) is 0 Å². The van der Waals surface area contributed by atoms with Crippen LogP contribution < -0.4 is 0 Å². The van der Waals surface area contributed by atoms with Gasteiger partial charge in [0.15, 0.2) is 0 Å². The van der Waals surface area contributed by atoms with Crippen molar-refractivity contribution >= 4 is 5.78 Å². The molecule has 35 heavy (non-hydrogen) atoms. The Morgan fingerprint density at radius 3 is 0.686 bits per heavy atom. The normalized spacial score (nSPS) is 7.43. The van der Waals surface area contributed by atoms with Crippen molar-refractivity contribution in [2.45, 2.75) is 141 Å². The fourth-order valence-corrected chi connectivity index (χ4v) is 1.58. The second-order valence-corrected chi connectivity index (χ2v) is 7.43. The summed E-state index contributed by atoms with van der Waals surface area (Å²) >= 11 is 0. The van der Waals surface area contributed by atoms with Crippen LogP contribution in [-0.2, 0) is 4.79 Å². The summed E-state index contributed by atoms with van der Waals surface area (Å²) in [6.07, 6.45) is 10.3. The number of ketones is 1. The van der Waals surface area contributed by atoms with E-state index >= 15 is 0 Å². The van der Waals surface area contributed by atoms with Gasteiger partial charge in [-0.2, -0.15) is 0 Å². The molecule has 0 aliphatic heterocycles. The van der Waals surface area contributed by atoms with E-state index in [-0.39, 0.29) is 0 Å². The molecule has 0 saturated carbocycles. The second-order valence-electron chi connectivity index (χ2n) is 7.43. The van der Waals surface area contributed by atoms with Crippen LogP contribution in [0.25, 0.3) is 0 Å². The molecule has 2 rings (SSSR count). The molecule has 0 unspecified atom stereocenters. The number of rotatable bonds is 5. The number of unbranched alkanes of at least 4 members (excludes halogenated alkanes) is 2. The van der Waals surface area contributed by atoms with Crippen molar-refractivity contribution in [3.63, 3.8) is 0 Å². The van der Waals surface area contributed by atoms with Gasteiger partial charge >= 0.3 is 0 Å². The monoisotopic (exact) mass is 491 g/mol. The van der Waals surface area contributed by atoms with Crippen molar-refractivity contribution in [2.75, 3.05) is 0 Å². The van der Waals surface area contributed by atoms with Crippen LogP contribution >= 0.6 is 0 Å². The first-order valence-corrected chi connectivity index (χ1v) is 14.5. The Kier molecular flexibility index (Phi) is 84.4. The van der Waals surface area contributed by atoms with Gasteiger partial charge in [-0.25, -0.2) is 0 Å². The van der Waals surface area contributed by atoms with E-state index in [0.29, 0.717) is 12.2 Å². The predicted octanol–water partition coefficient (Wildman–Crippen LogP) is 12.6. The van der Waals surface area contributed by atoms with Crippen LogP contribution in [0.5, 0.6) is 0 Å². The van der Waals surface area contributed by atoms with Gasteiger partial charge < -0.3 is 0 Å². The standard InChI is InChI=1S/C6H12O.2C6H6.C5H12.3C3H8.C2H6/c1-3-5-6(7)4-2;2*1-2-4-6-5-3-1;1-3-5-4-2;3*1-3-2;1-2/h3-5H2,1-2H3;2*1-6H;3-5H2,1-2H3;3*3H2,1-2H3;1-2H3. The van der Waals surface area contributed by atoms with E-state index in [0.717, 1.165) is 12.8 Å². The van der Waals surface area contributed by atoms with E-state index in [9.17, 15) is 4.79 Å². The molecule has 0 saturated heterocycles. The molecule has 0 aliphatic carbocycles. The second kappa shape index (κ2) is 63.6. The van der Waals surface area contributed by atoms with Crippen LogP contribution in [-0.4, -0.2) is 5.78 Å². The van der Waals surface area contributed by atoms with Crippen LogP contribution in [0.4, 0.5) is 0 Å². The molecule has 0 fully saturated rings. The number of carbonyl (C=O) groups is 1. The highest BCUT2D eigenvalue weighted by molar-refractivity contribution is 5.77. The first kappa shape index (κ1) is 46.4. The van der Waals surface area contributed by atoms with Crippen molar-refractivity contribution < 1.29 is 4.79 Å². The molecular formula is C34H66O. The van der Waals surface area contributed by atoms with Crippen LogP contribution in [0.2, 0.25) is 0 Å². The number of carbonyl (C=O) groups excluding carboxylic acids is 1. The maximum Gasteiger partial charge on any atom is 0.132 e. The van der Waals surface area contributed by atoms with E-state index in [2.05, 4.69) is 55.4 Å². The third kappa shape index (κ3) is 99.4. The fourth-order valence-electron chi connectivity index (χ4n) is 1.58. The lowest BCUT2D eigenvalue weighted by Crippen LogP contribution is -1.91. The zero-order valence-corrected chi connectivity index (χ0v) is 26.2. The minimum absolute atomic E-state index is 0.377. The van der Waals surface area contributed by atoms with Crippen molar-refractivity contribution in [2.24, 2.45) is 0 Å². The smallest absolute Gasteiger partial charge is 0.132 e. The Labute approximate surface area is 224 Å². The van der Waals surface area contributed by atoms with Gasteiger partial charge in [0.05, 0.1) is 0 Å². The summed E-state index contributed by atoms with van der Waals surface area (Å²) in [6, 6.07) is 24.0. The third-order valence-corrected chi connectivity index (χ3v) is 2.96. The molecule has 208 valence electrons. The fraction of sp³-hybridized carbons (Fsp3) is 0.618. The molecule has 2 aromatic carbocycles. The molecule has 0 spiro atoms. The average molecular weight is 491 g/mol. The summed E-state index contributed by atoms with van der Waals surface area (Å²) in [4.78, 5) is 10.4. The Morgan fingerprint density at radius 1 is 0.429 bits per heavy atom. The van der Waals surface area contributed by atoms with Crippen molar-refractivity contribution in [1.82, 2.24) is 0 Å². The lowest BCUT2D eigenvalue weighted by Gasteiger charge is -1.87. The van der Waals surface area contributed by atoms with Crippen molar-refractivity contribution in [3.05, 3.63) is 72.8 Å². The Hall–Kier alpha value is -1.89. The number of hydrogen-bond donors (Lipinski definition) is 0. The number of Topliss-reactive ketones (excluding diaryl/α,β-unsaturated/α-hetero) is 1. The highest BCUT2D eigenvalue weighted by atomic mass is 16.1. The number of benzene rings is 2. The molecule has 0 aromatic heterocycles. The summed E-state index contributed by atoms with van der Waals surface area (Å²) in [5, 5.41) is 0. The summed E-state index contributed by atoms with van der Waals surface area (Å²) in [6.45, 7) is 25.1. The predicted molar refractivity (Wildman–Crippen MR) is 168 cm³/mol. The first-order valence-electron chi connectivity index (χ1n) is 14.5. The Balaban J connectivity index is -0.0000000710. The zero-order valence-electron chi connectivity index (χ0n) is 26.2. The maximum atomic E-state index is 10.4. The van der Waals surface area contributed by atoms with Crippen LogP contribution in [0.3, 0.4) is 0 Å². The lowest BCUT2D eigenvalue weighted by atomic mass is 10.2. The minimum Gasteiger partial charge on any atom is -0.300 e. The van der Waals surface area contributed by atoms with E-state index in [4.69, 9.17) is 0 Å². The van der Waals surface area contributed by atoms with Crippen LogP contribution in [0.1, 0.15) is 141 Å². The molecule has 0 N–H and O–H groups in total. The topological polar surface area (TPSA) is 17.1 Å². The minimum atomic E-state index is 0.377. The quantitative estimate of drug-likeness (QED) is 0.407. The Bertz CT molecular complexity index is 373. The van der Waals surface area contributed by atoms with E-state index in [1.54, 1.807) is 0 Å². The summed E-state index contributed by atoms with van der Waals surface area (Å²) in [5.41, 5.74) is 0. The Morgan fingerprint density at radius 2 is 0.629 bits per heavy atom. The highest BCUT2D eigenvalue weighted by Gasteiger charge is 1.91. The van der Waals surface area contributed by atoms with Crippen molar-refractivity contribution in [3.8, 4) is 0 Å². The van der Waals surface area contributed by atoms with Gasteiger partial charge in [-0.15, -0.1) is 0 Å². The molecule has 1 nitrogen and oxygen atoms in total. The molecule has 0 bridgehead atoms. The molecule has 0 amide bonds. The molecule has 0 radical (unpaired) electrons. The van der Waals surface area contributed by atoms with Gasteiger partial charge in [-0.3, -0.25) is 4.79 Å². The third-order valence-electron chi connectivity index (χ3n) is 2.96. The molecular weight excluding hydrogens is 424 g/mol. The highest BCUT2D eigenvalue weighted by Crippen LogP contribution is 1.91. The van der Waals surface area contributed by atoms with E-state index in [1.165, 1.54) is 38.5 Å². The molecule has 1 heteroatoms. The maximum absolute atomic E-state index is 10.4. The molecule has 2 aromatic rings. The largest absolute Gasteiger partial charge is 0.300 e. The zero-order chi connectivity index (χ0) is 28.4. The van der Waals surface area contributed by atoms with Crippen molar-refractivity contribution in [1.29, 1.82) is 0 Å². The number of hydrogen-bond acceptors (Lipinski definition) is 1. The van der Waals surface area contributed by atoms with E-state index in [1.807, 2.05) is 100 Å². The SMILES string of the molecule is CC.CCC.CCC.CCC.CCCC(=O)CC.CCCCC.c1ccccc1.c1ccccc1. The van der Waals surface area contributed by atoms with E-state index < -0.39 is 0 Å². The van der Waals surface area contributed by atoms with Gasteiger partial charge in [-0.05, 0) is 6.42 Å². The lowest BCUT2D eigenvalue weighted by molar-refractivity contribution is -0.118. The first-order chi connectivity index (χ1) is 17.0.